The molecule has 3 aliphatic rings. The number of halogens is 4. The molecule has 6 nitrogen and oxygen atoms in total. The van der Waals surface area contributed by atoms with E-state index in [4.69, 9.17) is 23.7 Å². The number of ether oxygens (including phenoxy) is 6. The molecular formula is C55H42F4O6P2. The molecule has 0 bridgehead atoms. The fraction of sp³-hybridized carbons (Fsp3) is 0.127. The van der Waals surface area contributed by atoms with Crippen molar-refractivity contribution in [2.24, 2.45) is 0 Å². The Morgan fingerprint density at radius 2 is 0.761 bits per heavy atom. The second-order valence-corrected chi connectivity index (χ2v) is 20.2. The highest BCUT2D eigenvalue weighted by atomic mass is 31.1. The Hall–Kier alpha value is -6.86. The van der Waals surface area contributed by atoms with Crippen LogP contribution in [0.15, 0.2) is 182 Å². The molecule has 0 N–H and O–H groups in total. The van der Waals surface area contributed by atoms with Gasteiger partial charge in [-0.3, -0.25) is 0 Å². The Kier molecular flexibility index (Phi) is 12.1. The fourth-order valence-electron chi connectivity index (χ4n) is 8.60. The van der Waals surface area contributed by atoms with Crippen LogP contribution in [0.1, 0.15) is 17.5 Å². The Morgan fingerprint density at radius 3 is 1.25 bits per heavy atom. The summed E-state index contributed by atoms with van der Waals surface area (Å²) in [6, 6.07) is 59.6. The molecule has 336 valence electrons. The third kappa shape index (κ3) is 8.92. The molecule has 67 heavy (non-hydrogen) atoms. The van der Waals surface area contributed by atoms with E-state index in [0.29, 0.717) is 24.1 Å². The first-order chi connectivity index (χ1) is 32.6. The highest BCUT2D eigenvalue weighted by Gasteiger charge is 2.49. The lowest BCUT2D eigenvalue weighted by molar-refractivity contribution is -0.287. The van der Waals surface area contributed by atoms with Gasteiger partial charge in [-0.05, 0) is 103 Å². The maximum Gasteiger partial charge on any atom is 0.586 e. The highest BCUT2D eigenvalue weighted by Crippen LogP contribution is 2.56. The molecule has 11 rings (SSSR count). The zero-order valence-electron chi connectivity index (χ0n) is 36.3. The number of alkyl halides is 4. The second-order valence-electron chi connectivity index (χ2n) is 15.9. The Balaban J connectivity index is 0.000000159. The first-order valence-electron chi connectivity index (χ1n) is 21.7. The summed E-state index contributed by atoms with van der Waals surface area (Å²) in [6.45, 7) is 5.15. The Labute approximate surface area is 388 Å². The molecule has 0 radical (unpaired) electrons. The van der Waals surface area contributed by atoms with Crippen LogP contribution < -0.4 is 60.2 Å². The van der Waals surface area contributed by atoms with E-state index in [1.807, 2.05) is 60.7 Å². The Bertz CT molecular complexity index is 2970. The smallest absolute Gasteiger partial charge is 0.493 e. The standard InChI is InChI=1S/C28H25O2P.C27H17F4O4P/c1-21-11-8-16-24-27(21)28-25(30-20-10-19-29-24)17-9-18-26(28)31(22-12-4-2-5-13-22)23-14-6-3-7-15-23;1-16-12-13-19-24(34-26(28,29)32-19)22(16)23-21(15-14-20-25(23)35-27(30,31)33-20)36(17-8-4-2-5-9-17)18-10-6-3-7-11-18/h2-9,11-18H,10,19-20H2,1H3;2-15H,1H3. The fourth-order valence-corrected chi connectivity index (χ4v) is 13.5. The van der Waals surface area contributed by atoms with E-state index in [9.17, 15) is 17.6 Å². The molecule has 0 atom stereocenters. The topological polar surface area (TPSA) is 55.4 Å². The largest absolute Gasteiger partial charge is 0.586 e. The quantitative estimate of drug-likeness (QED) is 0.117. The molecule has 0 amide bonds. The SMILES string of the molecule is Cc1ccc2c(c1-c1c(P(c3ccccc3)c3ccccc3)ccc3c1OC(F)(F)O3)OC(F)(F)O2.Cc1cccc2c1-c1c(cccc1P(c1ccccc1)c1ccccc1)OCCCO2. The lowest BCUT2D eigenvalue weighted by atomic mass is 9.97. The van der Waals surface area contributed by atoms with E-state index >= 15 is 0 Å². The molecule has 8 aromatic rings. The molecule has 3 aliphatic heterocycles. The third-order valence-corrected chi connectivity index (χ3v) is 16.4. The van der Waals surface area contributed by atoms with Gasteiger partial charge < -0.3 is 28.4 Å². The van der Waals surface area contributed by atoms with Crippen LogP contribution in [0.25, 0.3) is 22.3 Å². The van der Waals surface area contributed by atoms with Crippen molar-refractivity contribution in [1.82, 2.24) is 0 Å². The minimum atomic E-state index is -3.91. The molecule has 0 fully saturated rings. The number of hydrogen-bond donors (Lipinski definition) is 0. The monoisotopic (exact) mass is 936 g/mol. The summed E-state index contributed by atoms with van der Waals surface area (Å²) >= 11 is 0. The Morgan fingerprint density at radius 1 is 0.358 bits per heavy atom. The predicted octanol–water partition coefficient (Wildman–Crippen LogP) is 11.6. The van der Waals surface area contributed by atoms with Crippen LogP contribution in [0.5, 0.6) is 34.5 Å². The zero-order chi connectivity index (χ0) is 46.1. The lowest BCUT2D eigenvalue weighted by Gasteiger charge is -2.25. The van der Waals surface area contributed by atoms with Crippen LogP contribution in [0.2, 0.25) is 0 Å². The minimum Gasteiger partial charge on any atom is -0.493 e. The van der Waals surface area contributed by atoms with Gasteiger partial charge in [-0.15, -0.1) is 17.6 Å². The normalized spacial score (nSPS) is 14.9. The zero-order valence-corrected chi connectivity index (χ0v) is 38.1. The third-order valence-electron chi connectivity index (χ3n) is 11.4. The van der Waals surface area contributed by atoms with Crippen molar-refractivity contribution >= 4 is 47.7 Å². The summed E-state index contributed by atoms with van der Waals surface area (Å²) in [7, 11) is -2.10. The average Bonchev–Trinajstić information content (AvgIpc) is 3.86. The van der Waals surface area contributed by atoms with Gasteiger partial charge in [-0.25, -0.2) is 0 Å². The van der Waals surface area contributed by atoms with Crippen LogP contribution in [0, 0.1) is 13.8 Å². The number of rotatable bonds is 7. The van der Waals surface area contributed by atoms with Gasteiger partial charge in [0.25, 0.3) is 0 Å². The van der Waals surface area contributed by atoms with Crippen LogP contribution in [-0.2, 0) is 0 Å². The van der Waals surface area contributed by atoms with E-state index in [0.717, 1.165) is 39.7 Å². The second kappa shape index (κ2) is 18.4. The molecule has 0 aromatic heterocycles. The maximum atomic E-state index is 14.3. The molecule has 0 unspecified atom stereocenters. The number of benzene rings is 8. The summed E-state index contributed by atoms with van der Waals surface area (Å²) in [5, 5.41) is 6.42. The van der Waals surface area contributed by atoms with Gasteiger partial charge in [0.05, 0.1) is 13.2 Å². The molecule has 12 heteroatoms. The van der Waals surface area contributed by atoms with Crippen LogP contribution in [0.4, 0.5) is 17.6 Å². The van der Waals surface area contributed by atoms with Crippen LogP contribution in [-0.4, -0.2) is 25.8 Å². The number of aryl methyl sites for hydroxylation is 2. The number of fused-ring (bicyclic) bond motifs is 5. The van der Waals surface area contributed by atoms with Gasteiger partial charge in [0, 0.05) is 28.7 Å². The van der Waals surface area contributed by atoms with Crippen molar-refractivity contribution < 1.29 is 46.0 Å². The van der Waals surface area contributed by atoms with Crippen molar-refractivity contribution in [2.75, 3.05) is 13.2 Å². The molecule has 0 saturated carbocycles. The van der Waals surface area contributed by atoms with Gasteiger partial charge in [0.2, 0.25) is 0 Å². The van der Waals surface area contributed by atoms with E-state index in [1.165, 1.54) is 33.6 Å². The van der Waals surface area contributed by atoms with E-state index in [1.54, 1.807) is 19.1 Å². The summed E-state index contributed by atoms with van der Waals surface area (Å²) in [5.74, 6) is 1.00. The van der Waals surface area contributed by atoms with Gasteiger partial charge in [-0.1, -0.05) is 152 Å². The molecule has 0 spiro atoms. The summed E-state index contributed by atoms with van der Waals surface area (Å²) in [4.78, 5) is 0. The van der Waals surface area contributed by atoms with Crippen molar-refractivity contribution in [3.05, 3.63) is 193 Å². The molecule has 0 aliphatic carbocycles. The van der Waals surface area contributed by atoms with Gasteiger partial charge in [0.1, 0.15) is 11.5 Å². The summed E-state index contributed by atoms with van der Waals surface area (Å²) in [6.07, 6.45) is -6.94. The molecule has 3 heterocycles. The minimum absolute atomic E-state index is 0.178. The first-order valence-corrected chi connectivity index (χ1v) is 24.4. The van der Waals surface area contributed by atoms with Gasteiger partial charge in [-0.2, -0.15) is 0 Å². The lowest BCUT2D eigenvalue weighted by Crippen LogP contribution is -2.27. The average molecular weight is 937 g/mol. The number of hydrogen-bond acceptors (Lipinski definition) is 6. The van der Waals surface area contributed by atoms with E-state index in [-0.39, 0.29) is 34.1 Å². The van der Waals surface area contributed by atoms with Gasteiger partial charge >= 0.3 is 12.6 Å². The predicted molar refractivity (Wildman–Crippen MR) is 259 cm³/mol. The van der Waals surface area contributed by atoms with E-state index in [2.05, 4.69) is 109 Å². The van der Waals surface area contributed by atoms with E-state index < -0.39 is 28.4 Å². The molecular weight excluding hydrogens is 895 g/mol. The molecule has 8 aromatic carbocycles. The van der Waals surface area contributed by atoms with Crippen molar-refractivity contribution in [2.45, 2.75) is 32.9 Å². The van der Waals surface area contributed by atoms with Crippen LogP contribution in [0.3, 0.4) is 0 Å². The van der Waals surface area contributed by atoms with Gasteiger partial charge in [0.15, 0.2) is 23.0 Å². The first kappa shape index (κ1) is 44.0. The van der Waals surface area contributed by atoms with Crippen molar-refractivity contribution in [3.63, 3.8) is 0 Å². The highest BCUT2D eigenvalue weighted by molar-refractivity contribution is 7.80. The summed E-state index contributed by atoms with van der Waals surface area (Å²) in [5.41, 5.74) is 4.40. The van der Waals surface area contributed by atoms with Crippen molar-refractivity contribution in [1.29, 1.82) is 0 Å². The maximum absolute atomic E-state index is 14.3. The van der Waals surface area contributed by atoms with Crippen LogP contribution >= 0.6 is 15.8 Å². The van der Waals surface area contributed by atoms with Crippen molar-refractivity contribution in [3.8, 4) is 56.8 Å². The molecule has 0 saturated heterocycles. The summed E-state index contributed by atoms with van der Waals surface area (Å²) < 4.78 is 88.7.